The molecule has 6 nitrogen and oxygen atoms in total. The molecule has 16 heavy (non-hydrogen) atoms. The number of aromatic nitrogens is 3. The van der Waals surface area contributed by atoms with Gasteiger partial charge in [-0.05, 0) is 25.2 Å². The first-order valence-electron chi connectivity index (χ1n) is 5.43. The SMILES string of the molecule is COCCn1nnc(C(N)=O)c1CC1CC1. The van der Waals surface area contributed by atoms with Crippen LogP contribution in [0.25, 0.3) is 0 Å². The van der Waals surface area contributed by atoms with E-state index in [9.17, 15) is 4.79 Å². The minimum atomic E-state index is -0.501. The Morgan fingerprint density at radius 2 is 2.38 bits per heavy atom. The van der Waals surface area contributed by atoms with Crippen LogP contribution in [0.1, 0.15) is 29.0 Å². The van der Waals surface area contributed by atoms with Crippen molar-refractivity contribution in [3.63, 3.8) is 0 Å². The van der Waals surface area contributed by atoms with E-state index in [-0.39, 0.29) is 0 Å². The van der Waals surface area contributed by atoms with Gasteiger partial charge in [0.1, 0.15) is 0 Å². The highest BCUT2D eigenvalue weighted by atomic mass is 16.5. The van der Waals surface area contributed by atoms with E-state index in [0.717, 1.165) is 12.1 Å². The predicted octanol–water partition coefficient (Wildman–Crippen LogP) is -0.0241. The fourth-order valence-electron chi connectivity index (χ4n) is 1.68. The zero-order chi connectivity index (χ0) is 11.5. The Morgan fingerprint density at radius 1 is 1.62 bits per heavy atom. The molecule has 2 rings (SSSR count). The minimum absolute atomic E-state index is 0.308. The van der Waals surface area contributed by atoms with Gasteiger partial charge < -0.3 is 10.5 Å². The van der Waals surface area contributed by atoms with E-state index in [1.54, 1.807) is 11.8 Å². The average molecular weight is 224 g/mol. The van der Waals surface area contributed by atoms with Gasteiger partial charge in [-0.25, -0.2) is 4.68 Å². The lowest BCUT2D eigenvalue weighted by molar-refractivity contribution is 0.0994. The molecule has 1 fully saturated rings. The highest BCUT2D eigenvalue weighted by Crippen LogP contribution is 2.33. The number of hydrogen-bond acceptors (Lipinski definition) is 4. The summed E-state index contributed by atoms with van der Waals surface area (Å²) in [6.07, 6.45) is 3.27. The molecule has 1 amide bonds. The number of nitrogens with two attached hydrogens (primary N) is 1. The Labute approximate surface area is 93.8 Å². The first-order chi connectivity index (χ1) is 7.72. The first kappa shape index (κ1) is 11.1. The van der Waals surface area contributed by atoms with Crippen LogP contribution in [0.2, 0.25) is 0 Å². The van der Waals surface area contributed by atoms with Crippen LogP contribution in [-0.4, -0.2) is 34.6 Å². The van der Waals surface area contributed by atoms with Crippen LogP contribution in [0.3, 0.4) is 0 Å². The van der Waals surface area contributed by atoms with Gasteiger partial charge in [-0.2, -0.15) is 0 Å². The topological polar surface area (TPSA) is 83.0 Å². The first-order valence-corrected chi connectivity index (χ1v) is 5.43. The number of carbonyl (C=O) groups excluding carboxylic acids is 1. The van der Waals surface area contributed by atoms with Crippen molar-refractivity contribution in [1.82, 2.24) is 15.0 Å². The van der Waals surface area contributed by atoms with E-state index in [2.05, 4.69) is 10.3 Å². The number of rotatable bonds is 6. The Balaban J connectivity index is 2.17. The molecule has 1 aliphatic carbocycles. The maximum absolute atomic E-state index is 11.2. The lowest BCUT2D eigenvalue weighted by Gasteiger charge is -2.05. The largest absolute Gasteiger partial charge is 0.383 e. The van der Waals surface area contributed by atoms with Crippen molar-refractivity contribution in [3.8, 4) is 0 Å². The van der Waals surface area contributed by atoms with E-state index in [1.165, 1.54) is 12.8 Å². The standard InChI is InChI=1S/C10H16N4O2/c1-16-5-4-14-8(6-7-2-3-7)9(10(11)15)12-13-14/h7H,2-6H2,1H3,(H2,11,15). The van der Waals surface area contributed by atoms with Crippen LogP contribution < -0.4 is 5.73 Å². The predicted molar refractivity (Wildman–Crippen MR) is 56.8 cm³/mol. The number of amides is 1. The number of carbonyl (C=O) groups is 1. The fourth-order valence-corrected chi connectivity index (χ4v) is 1.68. The second kappa shape index (κ2) is 4.61. The normalized spacial score (nSPS) is 15.3. The van der Waals surface area contributed by atoms with Crippen LogP contribution in [0.5, 0.6) is 0 Å². The molecule has 1 saturated carbocycles. The summed E-state index contributed by atoms with van der Waals surface area (Å²) in [6.45, 7) is 1.16. The molecule has 0 aliphatic heterocycles. The molecule has 1 aromatic heterocycles. The van der Waals surface area contributed by atoms with E-state index in [0.29, 0.717) is 24.8 Å². The summed E-state index contributed by atoms with van der Waals surface area (Å²) in [4.78, 5) is 11.2. The van der Waals surface area contributed by atoms with E-state index in [1.807, 2.05) is 0 Å². The summed E-state index contributed by atoms with van der Waals surface area (Å²) < 4.78 is 6.71. The van der Waals surface area contributed by atoms with Crippen LogP contribution in [-0.2, 0) is 17.7 Å². The average Bonchev–Trinajstić information content (AvgIpc) is 2.96. The number of primary amides is 1. The molecule has 6 heteroatoms. The molecular weight excluding hydrogens is 208 g/mol. The molecule has 2 N–H and O–H groups in total. The number of hydrogen-bond donors (Lipinski definition) is 1. The summed E-state index contributed by atoms with van der Waals surface area (Å²) in [5.74, 6) is 0.164. The molecule has 0 aromatic carbocycles. The lowest BCUT2D eigenvalue weighted by atomic mass is 10.1. The van der Waals surface area contributed by atoms with Gasteiger partial charge in [-0.15, -0.1) is 5.10 Å². The molecule has 1 heterocycles. The second-order valence-corrected chi connectivity index (χ2v) is 4.11. The van der Waals surface area contributed by atoms with Crippen molar-refractivity contribution < 1.29 is 9.53 Å². The Bertz CT molecular complexity index is 384. The van der Waals surface area contributed by atoms with Crippen LogP contribution in [0.4, 0.5) is 0 Å². The molecule has 88 valence electrons. The fraction of sp³-hybridized carbons (Fsp3) is 0.700. The van der Waals surface area contributed by atoms with Crippen molar-refractivity contribution in [1.29, 1.82) is 0 Å². The molecule has 0 spiro atoms. The summed E-state index contributed by atoms with van der Waals surface area (Å²) in [7, 11) is 1.63. The smallest absolute Gasteiger partial charge is 0.271 e. The highest BCUT2D eigenvalue weighted by molar-refractivity contribution is 5.91. The molecule has 0 unspecified atom stereocenters. The van der Waals surface area contributed by atoms with E-state index < -0.39 is 5.91 Å². The Kier molecular flexibility index (Phi) is 3.19. The third-order valence-electron chi connectivity index (χ3n) is 2.76. The zero-order valence-electron chi connectivity index (χ0n) is 9.35. The summed E-state index contributed by atoms with van der Waals surface area (Å²) in [5, 5.41) is 7.77. The highest BCUT2D eigenvalue weighted by Gasteiger charge is 2.27. The maximum Gasteiger partial charge on any atom is 0.271 e. The molecule has 0 radical (unpaired) electrons. The third kappa shape index (κ3) is 2.38. The van der Waals surface area contributed by atoms with Gasteiger partial charge >= 0.3 is 0 Å². The second-order valence-electron chi connectivity index (χ2n) is 4.11. The monoisotopic (exact) mass is 224 g/mol. The molecular formula is C10H16N4O2. The Hall–Kier alpha value is -1.43. The third-order valence-corrected chi connectivity index (χ3v) is 2.76. The molecule has 1 aliphatic rings. The summed E-state index contributed by atoms with van der Waals surface area (Å²) >= 11 is 0. The molecule has 0 saturated heterocycles. The zero-order valence-corrected chi connectivity index (χ0v) is 9.35. The number of methoxy groups -OCH3 is 1. The lowest BCUT2D eigenvalue weighted by Crippen LogP contribution is -2.16. The quantitative estimate of drug-likeness (QED) is 0.735. The number of ether oxygens (including phenoxy) is 1. The van der Waals surface area contributed by atoms with Crippen molar-refractivity contribution in [2.45, 2.75) is 25.8 Å². The molecule has 0 atom stereocenters. The van der Waals surface area contributed by atoms with Crippen molar-refractivity contribution >= 4 is 5.91 Å². The van der Waals surface area contributed by atoms with Gasteiger partial charge in [0, 0.05) is 7.11 Å². The van der Waals surface area contributed by atoms with Gasteiger partial charge in [-0.1, -0.05) is 5.21 Å². The summed E-state index contributed by atoms with van der Waals surface area (Å²) in [5.41, 5.74) is 6.43. The van der Waals surface area contributed by atoms with Gasteiger partial charge in [0.15, 0.2) is 5.69 Å². The Morgan fingerprint density at radius 3 is 2.94 bits per heavy atom. The summed E-state index contributed by atoms with van der Waals surface area (Å²) in [6, 6.07) is 0. The van der Waals surface area contributed by atoms with E-state index in [4.69, 9.17) is 10.5 Å². The van der Waals surface area contributed by atoms with Crippen LogP contribution in [0.15, 0.2) is 0 Å². The minimum Gasteiger partial charge on any atom is -0.383 e. The van der Waals surface area contributed by atoms with Crippen LogP contribution >= 0.6 is 0 Å². The van der Waals surface area contributed by atoms with Gasteiger partial charge in [0.2, 0.25) is 0 Å². The van der Waals surface area contributed by atoms with Crippen LogP contribution in [0, 0.1) is 5.92 Å². The van der Waals surface area contributed by atoms with Gasteiger partial charge in [0.25, 0.3) is 5.91 Å². The van der Waals surface area contributed by atoms with Crippen molar-refractivity contribution in [2.75, 3.05) is 13.7 Å². The van der Waals surface area contributed by atoms with Gasteiger partial charge in [-0.3, -0.25) is 4.79 Å². The molecule has 0 bridgehead atoms. The van der Waals surface area contributed by atoms with Crippen molar-refractivity contribution in [2.24, 2.45) is 11.7 Å². The maximum atomic E-state index is 11.2. The molecule has 1 aromatic rings. The van der Waals surface area contributed by atoms with Crippen molar-refractivity contribution in [3.05, 3.63) is 11.4 Å². The van der Waals surface area contributed by atoms with Gasteiger partial charge in [0.05, 0.1) is 18.8 Å². The van der Waals surface area contributed by atoms with E-state index >= 15 is 0 Å². The number of nitrogens with zero attached hydrogens (tertiary/aromatic N) is 3.